The minimum absolute atomic E-state index is 0.0151. The molecule has 1 aliphatic rings. The molecule has 47 heavy (non-hydrogen) atoms. The average molecular weight is 679 g/mol. The van der Waals surface area contributed by atoms with Crippen LogP contribution in [0.25, 0.3) is 21.9 Å². The number of nitrogens with zero attached hydrogens (tertiary/aromatic N) is 4. The first-order valence-corrected chi connectivity index (χ1v) is 16.4. The van der Waals surface area contributed by atoms with E-state index in [9.17, 15) is 14.5 Å². The van der Waals surface area contributed by atoms with Gasteiger partial charge in [0.1, 0.15) is 18.4 Å². The second kappa shape index (κ2) is 13.3. The molecule has 1 saturated heterocycles. The number of anilines is 1. The third kappa shape index (κ3) is 7.02. The first kappa shape index (κ1) is 34.4. The predicted octanol–water partition coefficient (Wildman–Crippen LogP) is 4.63. The van der Waals surface area contributed by atoms with E-state index >= 15 is 8.78 Å². The number of alkyl halides is 2. The SMILES string of the molecule is CCOc1nc(N)nc2c1ncn2[C@@H]1O[C@](F)(COP(=O)(NC(C)C(=O)OCC(C)C)Oc2cccc3ccccc23)C(O)[C@@]1(C)F. The number of aliphatic hydroxyl groups is 1. The summed E-state index contributed by atoms with van der Waals surface area (Å²) in [5.41, 5.74) is 3.05. The van der Waals surface area contributed by atoms with Crippen molar-refractivity contribution in [3.05, 3.63) is 48.8 Å². The Bertz CT molecular complexity index is 1800. The number of aromatic nitrogens is 4. The number of benzene rings is 2. The molecule has 6 atom stereocenters. The number of imidazole rings is 1. The summed E-state index contributed by atoms with van der Waals surface area (Å²) < 4.78 is 75.5. The number of fused-ring (bicyclic) bond motifs is 2. The predicted molar refractivity (Wildman–Crippen MR) is 167 cm³/mol. The van der Waals surface area contributed by atoms with E-state index in [-0.39, 0.29) is 47.9 Å². The number of nitrogens with one attached hydrogen (secondary N) is 1. The Morgan fingerprint density at radius 2 is 1.91 bits per heavy atom. The lowest BCUT2D eigenvalue weighted by Crippen LogP contribution is -2.47. The lowest BCUT2D eigenvalue weighted by atomic mass is 9.97. The lowest BCUT2D eigenvalue weighted by molar-refractivity contribution is -0.202. The standard InChI is InChI=1S/C30H37F2N6O8P/c1-6-42-24-22-23(35-28(33)36-24)38(16-34-22)27-29(5,31)26(40)30(32,45-27)15-44-47(41,37-18(4)25(39)43-14-17(2)3)46-21-13-9-11-19-10-7-8-12-20(19)21/h7-13,16-18,26-27,40H,6,14-15H2,1-5H3,(H,37,41)(H2,33,35,36)/t18?,26?,27-,29-,30-,47?/m1/s1. The Morgan fingerprint density at radius 3 is 2.64 bits per heavy atom. The molecule has 17 heteroatoms. The van der Waals surface area contributed by atoms with E-state index in [2.05, 4.69) is 20.0 Å². The van der Waals surface area contributed by atoms with Gasteiger partial charge in [-0.1, -0.05) is 50.2 Å². The molecule has 4 aromatic rings. The highest BCUT2D eigenvalue weighted by Crippen LogP contribution is 2.52. The summed E-state index contributed by atoms with van der Waals surface area (Å²) in [6.07, 6.45) is -3.21. The number of esters is 1. The molecular weight excluding hydrogens is 641 g/mol. The van der Waals surface area contributed by atoms with E-state index < -0.39 is 50.2 Å². The first-order chi connectivity index (χ1) is 22.2. The molecule has 1 aliphatic heterocycles. The van der Waals surface area contributed by atoms with Gasteiger partial charge in [0.2, 0.25) is 11.8 Å². The highest BCUT2D eigenvalue weighted by atomic mass is 31.2. The van der Waals surface area contributed by atoms with E-state index in [0.29, 0.717) is 5.39 Å². The summed E-state index contributed by atoms with van der Waals surface area (Å²) in [5, 5.41) is 14.7. The maximum atomic E-state index is 16.5. The maximum Gasteiger partial charge on any atom is 0.459 e. The number of aliphatic hydroxyl groups excluding tert-OH is 1. The third-order valence-electron chi connectivity index (χ3n) is 7.34. The van der Waals surface area contributed by atoms with Gasteiger partial charge < -0.3 is 29.6 Å². The number of carbonyl (C=O) groups excluding carboxylic acids is 1. The van der Waals surface area contributed by atoms with Gasteiger partial charge in [-0.3, -0.25) is 13.9 Å². The van der Waals surface area contributed by atoms with Crippen LogP contribution in [0.3, 0.4) is 0 Å². The van der Waals surface area contributed by atoms with Gasteiger partial charge in [-0.2, -0.15) is 15.1 Å². The van der Waals surface area contributed by atoms with E-state index in [1.807, 2.05) is 13.8 Å². The topological polar surface area (TPSA) is 182 Å². The van der Waals surface area contributed by atoms with Gasteiger partial charge in [-0.05, 0) is 38.1 Å². The van der Waals surface area contributed by atoms with Crippen molar-refractivity contribution < 1.29 is 46.5 Å². The number of hydrogen-bond acceptors (Lipinski definition) is 12. The Labute approximate surface area is 269 Å². The largest absolute Gasteiger partial charge is 0.476 e. The number of nitrogen functional groups attached to an aromatic ring is 1. The van der Waals surface area contributed by atoms with Crippen LogP contribution in [0.2, 0.25) is 0 Å². The summed E-state index contributed by atoms with van der Waals surface area (Å²) >= 11 is 0. The van der Waals surface area contributed by atoms with Crippen molar-refractivity contribution in [3.63, 3.8) is 0 Å². The minimum atomic E-state index is -4.68. The van der Waals surface area contributed by atoms with Crippen LogP contribution in [0.5, 0.6) is 11.6 Å². The van der Waals surface area contributed by atoms with Crippen molar-refractivity contribution in [3.8, 4) is 11.6 Å². The molecule has 0 bridgehead atoms. The Hall–Kier alpha value is -3.95. The van der Waals surface area contributed by atoms with Crippen LogP contribution in [0.4, 0.5) is 14.7 Å². The Morgan fingerprint density at radius 1 is 1.19 bits per heavy atom. The van der Waals surface area contributed by atoms with Crippen molar-refractivity contribution in [2.45, 2.75) is 64.5 Å². The van der Waals surface area contributed by atoms with E-state index in [4.69, 9.17) is 29.0 Å². The van der Waals surface area contributed by atoms with E-state index in [1.165, 1.54) is 13.0 Å². The van der Waals surface area contributed by atoms with E-state index in [0.717, 1.165) is 23.2 Å². The number of halogens is 2. The highest BCUT2D eigenvalue weighted by molar-refractivity contribution is 7.52. The first-order valence-electron chi connectivity index (χ1n) is 14.9. The average Bonchev–Trinajstić information content (AvgIpc) is 3.51. The molecule has 0 saturated carbocycles. The molecule has 0 amide bonds. The summed E-state index contributed by atoms with van der Waals surface area (Å²) in [5.74, 6) is -4.16. The molecular formula is C30H37F2N6O8P. The molecule has 4 N–H and O–H groups in total. The summed E-state index contributed by atoms with van der Waals surface area (Å²) in [4.78, 5) is 24.9. The monoisotopic (exact) mass is 678 g/mol. The van der Waals surface area contributed by atoms with Crippen molar-refractivity contribution in [1.82, 2.24) is 24.6 Å². The fourth-order valence-corrected chi connectivity index (χ4v) is 6.53. The van der Waals surface area contributed by atoms with Crippen LogP contribution in [-0.2, 0) is 23.4 Å². The molecule has 0 spiro atoms. The fraction of sp³-hybridized carbons (Fsp3) is 0.467. The molecule has 254 valence electrons. The highest BCUT2D eigenvalue weighted by Gasteiger charge is 2.65. The van der Waals surface area contributed by atoms with Crippen LogP contribution >= 0.6 is 7.75 Å². The van der Waals surface area contributed by atoms with Gasteiger partial charge in [0.15, 0.2) is 29.2 Å². The molecule has 3 heterocycles. The molecule has 0 aliphatic carbocycles. The van der Waals surface area contributed by atoms with Crippen molar-refractivity contribution >= 4 is 41.6 Å². The molecule has 0 radical (unpaired) electrons. The number of rotatable bonds is 13. The zero-order valence-electron chi connectivity index (χ0n) is 26.4. The summed E-state index contributed by atoms with van der Waals surface area (Å²) in [7, 11) is -4.68. The summed E-state index contributed by atoms with van der Waals surface area (Å²) in [6.45, 7) is 6.69. The minimum Gasteiger partial charge on any atom is -0.476 e. The lowest BCUT2D eigenvalue weighted by Gasteiger charge is -2.28. The van der Waals surface area contributed by atoms with Crippen LogP contribution in [0.15, 0.2) is 48.8 Å². The molecule has 1 fully saturated rings. The number of ether oxygens (including phenoxy) is 3. The Balaban J connectivity index is 1.44. The Kier molecular flexibility index (Phi) is 9.71. The van der Waals surface area contributed by atoms with Crippen LogP contribution < -0.4 is 20.1 Å². The van der Waals surface area contributed by atoms with Crippen LogP contribution in [-0.4, -0.2) is 74.1 Å². The maximum absolute atomic E-state index is 16.5. The van der Waals surface area contributed by atoms with Gasteiger partial charge in [-0.15, -0.1) is 0 Å². The number of carbonyl (C=O) groups is 1. The molecule has 5 rings (SSSR count). The molecule has 14 nitrogen and oxygen atoms in total. The normalized spacial score (nSPS) is 24.8. The number of hydrogen-bond donors (Lipinski definition) is 3. The van der Waals surface area contributed by atoms with Gasteiger partial charge >= 0.3 is 13.7 Å². The van der Waals surface area contributed by atoms with Gasteiger partial charge in [0.05, 0.1) is 19.5 Å². The van der Waals surface area contributed by atoms with E-state index in [1.54, 1.807) is 43.3 Å². The number of nitrogens with two attached hydrogens (primary N) is 1. The third-order valence-corrected chi connectivity index (χ3v) is 8.95. The zero-order chi connectivity index (χ0) is 34.1. The summed E-state index contributed by atoms with van der Waals surface area (Å²) in [6, 6.07) is 10.7. The van der Waals surface area contributed by atoms with Gasteiger partial charge in [-0.25, -0.2) is 18.3 Å². The smallest absolute Gasteiger partial charge is 0.459 e. The molecule has 3 unspecified atom stereocenters. The second-order valence-electron chi connectivity index (χ2n) is 11.7. The fourth-order valence-electron chi connectivity index (χ4n) is 5.01. The molecule has 2 aromatic heterocycles. The quantitative estimate of drug-likeness (QED) is 0.132. The zero-order valence-corrected chi connectivity index (χ0v) is 27.3. The molecule has 2 aromatic carbocycles. The van der Waals surface area contributed by atoms with Crippen LogP contribution in [0, 0.1) is 5.92 Å². The van der Waals surface area contributed by atoms with Gasteiger partial charge in [0.25, 0.3) is 5.85 Å². The van der Waals surface area contributed by atoms with Crippen LogP contribution in [0.1, 0.15) is 40.8 Å². The van der Waals surface area contributed by atoms with Crippen molar-refractivity contribution in [1.29, 1.82) is 0 Å². The van der Waals surface area contributed by atoms with Gasteiger partial charge in [0, 0.05) is 5.39 Å². The second-order valence-corrected chi connectivity index (χ2v) is 13.4. The van der Waals surface area contributed by atoms with Crippen molar-refractivity contribution in [2.75, 3.05) is 25.6 Å². The van der Waals surface area contributed by atoms with Crippen molar-refractivity contribution in [2.24, 2.45) is 5.92 Å².